The first kappa shape index (κ1) is 31.5. The molecule has 1 aliphatic carbocycles. The lowest BCUT2D eigenvalue weighted by atomic mass is 9.70. The minimum absolute atomic E-state index is 0.0204. The fourth-order valence-electron chi connectivity index (χ4n) is 8.04. The van der Waals surface area contributed by atoms with Crippen LogP contribution in [0.25, 0.3) is 0 Å². The topological polar surface area (TPSA) is 122 Å². The SMILES string of the molecule is CCOC(=O)c1ccc(N2CC[C@H]3[C@@H](C2=O)[C@H](c2cccc(Cl)c2F)[C@]2(C(=O)Nc4cc(Cl)ccc42)N3CC2CC2)c([N+](=O)[O-])c1C. The van der Waals surface area contributed by atoms with Gasteiger partial charge in [-0.1, -0.05) is 41.4 Å². The Hall–Kier alpha value is -4.06. The van der Waals surface area contributed by atoms with Crippen molar-refractivity contribution in [2.24, 2.45) is 11.8 Å². The van der Waals surface area contributed by atoms with Gasteiger partial charge in [0, 0.05) is 46.9 Å². The second-order valence-corrected chi connectivity index (χ2v) is 13.4. The summed E-state index contributed by atoms with van der Waals surface area (Å²) in [6, 6.07) is 12.0. The molecule has 13 heteroatoms. The van der Waals surface area contributed by atoms with Crippen molar-refractivity contribution in [1.82, 2.24) is 4.90 Å². The Morgan fingerprint density at radius 1 is 1.15 bits per heavy atom. The number of halogens is 3. The highest BCUT2D eigenvalue weighted by atomic mass is 35.5. The molecule has 3 aromatic carbocycles. The molecule has 3 heterocycles. The third-order valence-electron chi connectivity index (χ3n) is 10.1. The molecular weight excluding hydrogens is 650 g/mol. The van der Waals surface area contributed by atoms with E-state index < -0.39 is 57.6 Å². The summed E-state index contributed by atoms with van der Waals surface area (Å²) >= 11 is 12.7. The first-order chi connectivity index (χ1) is 22.5. The van der Waals surface area contributed by atoms with Crippen LogP contribution in [0.3, 0.4) is 0 Å². The molecule has 2 amide bonds. The van der Waals surface area contributed by atoms with Crippen molar-refractivity contribution < 1.29 is 28.4 Å². The highest BCUT2D eigenvalue weighted by Crippen LogP contribution is 2.62. The predicted octanol–water partition coefficient (Wildman–Crippen LogP) is 6.60. The van der Waals surface area contributed by atoms with Gasteiger partial charge >= 0.3 is 5.97 Å². The molecule has 47 heavy (non-hydrogen) atoms. The summed E-state index contributed by atoms with van der Waals surface area (Å²) in [6.45, 7) is 3.79. The van der Waals surface area contributed by atoms with Gasteiger partial charge < -0.3 is 15.0 Å². The Labute approximate surface area is 279 Å². The summed E-state index contributed by atoms with van der Waals surface area (Å²) in [5.74, 6) is -4.04. The lowest BCUT2D eigenvalue weighted by molar-refractivity contribution is -0.384. The quantitative estimate of drug-likeness (QED) is 0.169. The minimum Gasteiger partial charge on any atom is -0.462 e. The van der Waals surface area contributed by atoms with Crippen LogP contribution in [0.5, 0.6) is 0 Å². The monoisotopic (exact) mass is 680 g/mol. The summed E-state index contributed by atoms with van der Waals surface area (Å²) in [6.07, 6.45) is 2.29. The van der Waals surface area contributed by atoms with Crippen molar-refractivity contribution in [2.45, 2.75) is 50.6 Å². The number of hydrogen-bond donors (Lipinski definition) is 1. The van der Waals surface area contributed by atoms with Crippen molar-refractivity contribution in [2.75, 3.05) is 29.9 Å². The van der Waals surface area contributed by atoms with Crippen molar-refractivity contribution in [3.63, 3.8) is 0 Å². The number of carbonyl (C=O) groups excluding carboxylic acids is 3. The van der Waals surface area contributed by atoms with E-state index in [-0.39, 0.29) is 40.6 Å². The number of esters is 1. The molecule has 4 atom stereocenters. The predicted molar refractivity (Wildman–Crippen MR) is 173 cm³/mol. The lowest BCUT2D eigenvalue weighted by Gasteiger charge is -2.40. The van der Waals surface area contributed by atoms with E-state index in [0.717, 1.165) is 12.8 Å². The first-order valence-corrected chi connectivity index (χ1v) is 16.3. The summed E-state index contributed by atoms with van der Waals surface area (Å²) in [7, 11) is 0. The molecule has 0 bridgehead atoms. The number of piperidine rings is 1. The van der Waals surface area contributed by atoms with Crippen molar-refractivity contribution >= 4 is 58.0 Å². The zero-order valence-corrected chi connectivity index (χ0v) is 27.1. The molecule has 1 spiro atoms. The van der Waals surface area contributed by atoms with Crippen LogP contribution in [0.15, 0.2) is 48.5 Å². The van der Waals surface area contributed by atoms with Gasteiger partial charge in [-0.2, -0.15) is 0 Å². The van der Waals surface area contributed by atoms with Gasteiger partial charge in [0.25, 0.3) is 5.69 Å². The van der Waals surface area contributed by atoms with Gasteiger partial charge in [0.15, 0.2) is 0 Å². The number of ether oxygens (including phenoxy) is 1. The largest absolute Gasteiger partial charge is 0.462 e. The fraction of sp³-hybridized carbons (Fsp3) is 0.382. The molecule has 7 rings (SSSR count). The average molecular weight is 682 g/mol. The number of benzene rings is 3. The van der Waals surface area contributed by atoms with Gasteiger partial charge in [0.1, 0.15) is 17.0 Å². The number of nitrogens with zero attached hydrogens (tertiary/aromatic N) is 3. The van der Waals surface area contributed by atoms with E-state index in [2.05, 4.69) is 10.2 Å². The summed E-state index contributed by atoms with van der Waals surface area (Å²) in [4.78, 5) is 57.3. The average Bonchev–Trinajstić information content (AvgIpc) is 3.74. The number of nitrogens with one attached hydrogen (secondary N) is 1. The van der Waals surface area contributed by atoms with Crippen LogP contribution in [-0.2, 0) is 19.9 Å². The Kier molecular flexibility index (Phi) is 7.76. The van der Waals surface area contributed by atoms with Gasteiger partial charge in [-0.15, -0.1) is 0 Å². The van der Waals surface area contributed by atoms with Gasteiger partial charge in [-0.3, -0.25) is 24.6 Å². The standard InChI is InChI=1S/C34H31Cl2FN4O6/c1-3-47-32(43)20-10-12-26(30(17(20)2)41(45)46)39-14-13-25-27(31(39)42)28(21-5-4-6-23(36)29(21)37)34(40(25)16-18-7-8-18)22-11-9-19(35)15-24(22)38-33(34)44/h4-6,9-12,15,18,25,27-28H,3,7-8,13-14,16H2,1-2H3,(H,38,44)/t25-,27+,28-,34+/m0/s1. The van der Waals surface area contributed by atoms with E-state index in [1.54, 1.807) is 37.3 Å². The number of fused-ring (bicyclic) bond motifs is 3. The van der Waals surface area contributed by atoms with Crippen LogP contribution in [0, 0.1) is 34.7 Å². The molecule has 3 fully saturated rings. The fourth-order valence-corrected chi connectivity index (χ4v) is 8.39. The normalized spacial score (nSPS) is 25.1. The molecule has 0 radical (unpaired) electrons. The molecule has 4 aliphatic rings. The Morgan fingerprint density at radius 2 is 1.91 bits per heavy atom. The molecule has 244 valence electrons. The second kappa shape index (κ2) is 11.6. The van der Waals surface area contributed by atoms with Crippen LogP contribution >= 0.6 is 23.2 Å². The van der Waals surface area contributed by atoms with Crippen LogP contribution < -0.4 is 10.2 Å². The van der Waals surface area contributed by atoms with Crippen LogP contribution in [0.1, 0.15) is 59.2 Å². The number of rotatable bonds is 7. The number of nitro groups is 1. The van der Waals surface area contributed by atoms with E-state index in [1.165, 1.54) is 30.0 Å². The Bertz CT molecular complexity index is 1870. The van der Waals surface area contributed by atoms with Crippen LogP contribution in [-0.4, -0.2) is 53.3 Å². The first-order valence-electron chi connectivity index (χ1n) is 15.6. The molecule has 0 unspecified atom stereocenters. The van der Waals surface area contributed by atoms with E-state index >= 15 is 4.39 Å². The number of hydrogen-bond acceptors (Lipinski definition) is 7. The summed E-state index contributed by atoms with van der Waals surface area (Å²) in [5.41, 5.74) is -0.575. The molecule has 3 aromatic rings. The van der Waals surface area contributed by atoms with Crippen LogP contribution in [0.4, 0.5) is 21.5 Å². The van der Waals surface area contributed by atoms with Crippen LogP contribution in [0.2, 0.25) is 10.0 Å². The molecule has 0 aromatic heterocycles. The van der Waals surface area contributed by atoms with Crippen molar-refractivity contribution in [3.05, 3.63) is 96.8 Å². The minimum atomic E-state index is -1.48. The second-order valence-electron chi connectivity index (χ2n) is 12.6. The van der Waals surface area contributed by atoms with E-state index in [1.807, 2.05) is 0 Å². The lowest BCUT2D eigenvalue weighted by Crippen LogP contribution is -2.54. The third-order valence-corrected chi connectivity index (χ3v) is 10.6. The summed E-state index contributed by atoms with van der Waals surface area (Å²) < 4.78 is 21.3. The maximum Gasteiger partial charge on any atom is 0.338 e. The summed E-state index contributed by atoms with van der Waals surface area (Å²) in [5, 5.41) is 15.7. The Balaban J connectivity index is 1.43. The van der Waals surface area contributed by atoms with Gasteiger partial charge in [0.2, 0.25) is 11.8 Å². The number of nitro benzene ring substituents is 1. The zero-order chi connectivity index (χ0) is 33.4. The van der Waals surface area contributed by atoms with E-state index in [9.17, 15) is 24.5 Å². The third kappa shape index (κ3) is 4.73. The van der Waals surface area contributed by atoms with E-state index in [0.29, 0.717) is 35.2 Å². The molecule has 1 saturated carbocycles. The highest BCUT2D eigenvalue weighted by Gasteiger charge is 2.70. The van der Waals surface area contributed by atoms with E-state index in [4.69, 9.17) is 27.9 Å². The molecule has 3 aliphatic heterocycles. The van der Waals surface area contributed by atoms with Crippen molar-refractivity contribution in [1.29, 1.82) is 0 Å². The van der Waals surface area contributed by atoms with Crippen molar-refractivity contribution in [3.8, 4) is 0 Å². The van der Waals surface area contributed by atoms with Gasteiger partial charge in [-0.25, -0.2) is 9.18 Å². The molecule has 1 N–H and O–H groups in total. The number of amides is 2. The number of anilines is 2. The Morgan fingerprint density at radius 3 is 2.62 bits per heavy atom. The van der Waals surface area contributed by atoms with Gasteiger partial charge in [-0.05, 0) is 74.9 Å². The number of carbonyl (C=O) groups is 3. The van der Waals surface area contributed by atoms with Gasteiger partial charge in [0.05, 0.1) is 28.0 Å². The zero-order valence-electron chi connectivity index (χ0n) is 25.6. The maximum absolute atomic E-state index is 16.2. The number of likely N-dealkylation sites (tertiary alicyclic amines) is 1. The smallest absolute Gasteiger partial charge is 0.338 e. The molecule has 10 nitrogen and oxygen atoms in total. The molecule has 2 saturated heterocycles. The molecular formula is C34H31Cl2FN4O6. The maximum atomic E-state index is 16.2. The highest BCUT2D eigenvalue weighted by molar-refractivity contribution is 6.31.